The highest BCUT2D eigenvalue weighted by Crippen LogP contribution is 2.63. The zero-order valence-electron chi connectivity index (χ0n) is 21.2. The van der Waals surface area contributed by atoms with Gasteiger partial charge in [-0.3, -0.25) is 9.69 Å². The Morgan fingerprint density at radius 1 is 1.25 bits per heavy atom. The van der Waals surface area contributed by atoms with Gasteiger partial charge in [0.25, 0.3) is 5.91 Å². The molecule has 0 aromatic heterocycles. The third-order valence-corrected chi connectivity index (χ3v) is 8.93. The van der Waals surface area contributed by atoms with Crippen molar-refractivity contribution in [2.24, 2.45) is 11.8 Å². The molecule has 1 saturated heterocycles. The van der Waals surface area contributed by atoms with Gasteiger partial charge in [0, 0.05) is 18.2 Å². The molecule has 5 N–H and O–H groups in total. The van der Waals surface area contributed by atoms with Crippen LogP contribution in [0.2, 0.25) is 0 Å². The van der Waals surface area contributed by atoms with E-state index in [9.17, 15) is 30.0 Å². The number of phenols is 1. The predicted molar refractivity (Wildman–Crippen MR) is 131 cm³/mol. The zero-order valence-corrected chi connectivity index (χ0v) is 21.2. The van der Waals surface area contributed by atoms with Gasteiger partial charge in [-0.15, -0.1) is 0 Å². The minimum absolute atomic E-state index is 0.0755. The van der Waals surface area contributed by atoms with Gasteiger partial charge in [-0.25, -0.2) is 4.79 Å². The predicted octanol–water partition coefficient (Wildman–Crippen LogP) is 2.24. The van der Waals surface area contributed by atoms with Crippen molar-refractivity contribution in [3.63, 3.8) is 0 Å². The van der Waals surface area contributed by atoms with Crippen LogP contribution in [0.25, 0.3) is 0 Å². The lowest BCUT2D eigenvalue weighted by molar-refractivity contribution is -0.153. The summed E-state index contributed by atoms with van der Waals surface area (Å²) in [6, 6.07) is 2.10. The molecular formula is C27H36N2O7. The summed E-state index contributed by atoms with van der Waals surface area (Å²) in [7, 11) is 0. The molecule has 196 valence electrons. The van der Waals surface area contributed by atoms with Gasteiger partial charge in [-0.2, -0.15) is 0 Å². The molecule has 2 bridgehead atoms. The second-order valence-corrected chi connectivity index (χ2v) is 11.5. The van der Waals surface area contributed by atoms with E-state index in [2.05, 4.69) is 10.2 Å². The fraction of sp³-hybridized carbons (Fsp3) is 0.630. The number of carboxylic acid groups (broad SMARTS) is 1. The van der Waals surface area contributed by atoms with E-state index >= 15 is 0 Å². The molecule has 36 heavy (non-hydrogen) atoms. The Balaban J connectivity index is 1.57. The first-order chi connectivity index (χ1) is 16.9. The molecule has 1 saturated carbocycles. The van der Waals surface area contributed by atoms with Crippen LogP contribution >= 0.6 is 0 Å². The highest BCUT2D eigenvalue weighted by atomic mass is 16.5. The van der Waals surface area contributed by atoms with Crippen molar-refractivity contribution in [1.29, 1.82) is 0 Å². The number of hydrogen-bond acceptors (Lipinski definition) is 7. The summed E-state index contributed by atoms with van der Waals surface area (Å²) in [4.78, 5) is 27.0. The van der Waals surface area contributed by atoms with Gasteiger partial charge in [0.15, 0.2) is 17.6 Å². The van der Waals surface area contributed by atoms with E-state index in [1.807, 2.05) is 6.07 Å². The van der Waals surface area contributed by atoms with E-state index in [-0.39, 0.29) is 34.8 Å². The van der Waals surface area contributed by atoms with E-state index in [1.165, 1.54) is 19.8 Å². The number of hydrogen-bond donors (Lipinski definition) is 5. The summed E-state index contributed by atoms with van der Waals surface area (Å²) in [5.74, 6) is -1.80. The Kier molecular flexibility index (Phi) is 5.79. The van der Waals surface area contributed by atoms with Crippen LogP contribution in [0.15, 0.2) is 23.5 Å². The van der Waals surface area contributed by atoms with Gasteiger partial charge >= 0.3 is 5.97 Å². The maximum absolute atomic E-state index is 13.0. The number of carboxylic acids is 1. The summed E-state index contributed by atoms with van der Waals surface area (Å²) in [5.41, 5.74) is -0.806. The number of ether oxygens (including phenoxy) is 1. The van der Waals surface area contributed by atoms with Gasteiger partial charge in [0.1, 0.15) is 11.8 Å². The van der Waals surface area contributed by atoms with Crippen LogP contribution in [0.3, 0.4) is 0 Å². The van der Waals surface area contributed by atoms with Crippen LogP contribution in [0, 0.1) is 11.8 Å². The molecule has 2 fully saturated rings. The lowest BCUT2D eigenvalue weighted by Crippen LogP contribution is -2.73. The van der Waals surface area contributed by atoms with Crippen molar-refractivity contribution >= 4 is 11.9 Å². The van der Waals surface area contributed by atoms with E-state index in [4.69, 9.17) is 4.74 Å². The second kappa shape index (κ2) is 8.38. The molecule has 0 radical (unpaired) electrons. The molecule has 2 heterocycles. The quantitative estimate of drug-likeness (QED) is 0.284. The summed E-state index contributed by atoms with van der Waals surface area (Å²) in [6.07, 6.45) is 2.36. The van der Waals surface area contributed by atoms with Crippen molar-refractivity contribution < 1.29 is 34.8 Å². The van der Waals surface area contributed by atoms with Gasteiger partial charge in [-0.1, -0.05) is 19.9 Å². The van der Waals surface area contributed by atoms with Crippen LogP contribution in [0.5, 0.6) is 11.5 Å². The van der Waals surface area contributed by atoms with Crippen LogP contribution in [0.4, 0.5) is 0 Å². The molecule has 5 rings (SSSR count). The number of benzene rings is 1. The molecular weight excluding hydrogens is 464 g/mol. The average Bonchev–Trinajstić information content (AvgIpc) is 3.55. The fourth-order valence-electron chi connectivity index (χ4n) is 6.65. The largest absolute Gasteiger partial charge is 0.508 e. The number of carbonyl (C=O) groups is 2. The Morgan fingerprint density at radius 2 is 1.94 bits per heavy atom. The topological polar surface area (TPSA) is 140 Å². The van der Waals surface area contributed by atoms with Crippen LogP contribution < -0.4 is 10.1 Å². The SMILES string of the molecule is C/C(C(=O)N[C@@H](C(=O)O)C(C)C)=C(/O)[C@@H]1Oc2c(O)ccc3c2[C@@]12CCN(CC1CC1)[C@H](C3)[C@@]2(C)O. The normalized spacial score (nSPS) is 32.4. The maximum atomic E-state index is 13.0. The van der Waals surface area contributed by atoms with Crippen LogP contribution in [-0.4, -0.2) is 74.1 Å². The number of aliphatic hydroxyl groups is 2. The standard InChI is InChI=1S/C27H36N2O7/c1-13(2)20(25(33)34)28-24(32)14(3)21(31)23-27-9-10-29(12-15-5-6-15)18(26(27,4)35)11-16-7-8-17(30)22(36-23)19(16)27/h7-8,13,15,18,20,23,30-31,35H,5-6,9-12H2,1-4H3,(H,28,32)(H,33,34)/b21-14-/t18-,20-,23+,26-,27+/m1/s1. The van der Waals surface area contributed by atoms with Crippen molar-refractivity contribution in [2.75, 3.05) is 13.1 Å². The summed E-state index contributed by atoms with van der Waals surface area (Å²) >= 11 is 0. The second-order valence-electron chi connectivity index (χ2n) is 11.5. The molecule has 4 aliphatic rings. The van der Waals surface area contributed by atoms with Gasteiger partial charge in [-0.05, 0) is 69.5 Å². The molecule has 2 aliphatic heterocycles. The Morgan fingerprint density at radius 3 is 2.56 bits per heavy atom. The van der Waals surface area contributed by atoms with Gasteiger partial charge in [0.2, 0.25) is 0 Å². The lowest BCUT2D eigenvalue weighted by atomic mass is 9.53. The number of rotatable bonds is 7. The minimum atomic E-state index is -1.32. The fourth-order valence-corrected chi connectivity index (χ4v) is 6.65. The molecule has 0 unspecified atom stereocenters. The molecule has 1 amide bonds. The highest BCUT2D eigenvalue weighted by molar-refractivity contribution is 5.96. The van der Waals surface area contributed by atoms with Gasteiger partial charge < -0.3 is 30.5 Å². The number of aliphatic hydroxyl groups excluding tert-OH is 1. The van der Waals surface area contributed by atoms with Crippen molar-refractivity contribution in [3.05, 3.63) is 34.6 Å². The third-order valence-electron chi connectivity index (χ3n) is 8.93. The monoisotopic (exact) mass is 500 g/mol. The lowest BCUT2D eigenvalue weighted by Gasteiger charge is -2.59. The number of nitrogens with zero attached hydrogens (tertiary/aromatic N) is 1. The molecule has 5 atom stereocenters. The number of amides is 1. The number of aliphatic carboxylic acids is 1. The molecule has 2 aliphatic carbocycles. The van der Waals surface area contributed by atoms with Gasteiger partial charge in [0.05, 0.1) is 16.6 Å². The van der Waals surface area contributed by atoms with Crippen molar-refractivity contribution in [3.8, 4) is 11.5 Å². The number of piperidine rings is 1. The molecule has 9 nitrogen and oxygen atoms in total. The molecule has 1 aromatic rings. The Bertz CT molecular complexity index is 1140. The summed E-state index contributed by atoms with van der Waals surface area (Å²) in [5, 5.41) is 46.3. The zero-order chi connectivity index (χ0) is 26.2. The van der Waals surface area contributed by atoms with Crippen LogP contribution in [-0.2, 0) is 21.4 Å². The Labute approximate surface area is 210 Å². The molecule has 9 heteroatoms. The van der Waals surface area contributed by atoms with E-state index in [1.54, 1.807) is 26.8 Å². The van der Waals surface area contributed by atoms with Crippen molar-refractivity contribution in [1.82, 2.24) is 10.2 Å². The number of phenolic OH excluding ortho intramolecular Hbond substituents is 1. The van der Waals surface area contributed by atoms with E-state index in [0.29, 0.717) is 30.9 Å². The number of likely N-dealkylation sites (tertiary alicyclic amines) is 1. The first-order valence-electron chi connectivity index (χ1n) is 12.8. The van der Waals surface area contributed by atoms with Crippen LogP contribution in [0.1, 0.15) is 58.1 Å². The number of carbonyl (C=O) groups excluding carboxylic acids is 1. The minimum Gasteiger partial charge on any atom is -0.508 e. The maximum Gasteiger partial charge on any atom is 0.326 e. The highest BCUT2D eigenvalue weighted by Gasteiger charge is 2.69. The van der Waals surface area contributed by atoms with E-state index in [0.717, 1.165) is 12.1 Å². The van der Waals surface area contributed by atoms with E-state index < -0.39 is 35.0 Å². The average molecular weight is 501 g/mol. The summed E-state index contributed by atoms with van der Waals surface area (Å²) in [6.45, 7) is 8.18. The smallest absolute Gasteiger partial charge is 0.326 e. The summed E-state index contributed by atoms with van der Waals surface area (Å²) < 4.78 is 6.20. The first kappa shape index (κ1) is 24.9. The third kappa shape index (κ3) is 3.50. The molecule has 1 spiro atoms. The number of aromatic hydroxyl groups is 1. The number of nitrogens with one attached hydrogen (secondary N) is 1. The number of fused-ring (bicyclic) bond motifs is 1. The van der Waals surface area contributed by atoms with Crippen molar-refractivity contribution in [2.45, 2.75) is 82.6 Å². The first-order valence-corrected chi connectivity index (χ1v) is 12.8. The molecule has 1 aromatic carbocycles. The Hall–Kier alpha value is -2.78.